The Bertz CT molecular complexity index is 795. The average Bonchev–Trinajstić information content (AvgIpc) is 2.60. The Kier molecular flexibility index (Phi) is 4.84. The van der Waals surface area contributed by atoms with E-state index in [4.69, 9.17) is 7.48 Å². The van der Waals surface area contributed by atoms with Gasteiger partial charge in [0.05, 0.1) is 22.0 Å². The molecule has 0 heterocycles. The summed E-state index contributed by atoms with van der Waals surface area (Å²) in [6.45, 7) is 5.37. The van der Waals surface area contributed by atoms with E-state index in [-0.39, 0.29) is 24.4 Å². The zero-order chi connectivity index (χ0) is 19.4. The van der Waals surface area contributed by atoms with E-state index in [1.165, 1.54) is 12.0 Å². The molecule has 2 aromatic carbocycles. The van der Waals surface area contributed by atoms with Crippen LogP contribution in [0.15, 0.2) is 48.5 Å². The smallest absolute Gasteiger partial charge is 0.328 e. The van der Waals surface area contributed by atoms with Gasteiger partial charge in [0.2, 0.25) is 5.91 Å². The number of rotatable bonds is 5. The average molecular weight is 327 g/mol. The molecule has 0 radical (unpaired) electrons. The van der Waals surface area contributed by atoms with Gasteiger partial charge in [-0.1, -0.05) is 48.5 Å². The first-order chi connectivity index (χ1) is 12.3. The van der Waals surface area contributed by atoms with Gasteiger partial charge in [-0.05, 0) is 37.5 Å². The molecule has 0 saturated carbocycles. The Morgan fingerprint density at radius 1 is 1.12 bits per heavy atom. The van der Waals surface area contributed by atoms with Crippen LogP contribution < -0.4 is 4.90 Å². The summed E-state index contributed by atoms with van der Waals surface area (Å²) in [6.07, 6.45) is -0.131. The van der Waals surface area contributed by atoms with Gasteiger partial charge in [-0.2, -0.15) is 0 Å². The number of anilines is 1. The van der Waals surface area contributed by atoms with Gasteiger partial charge in [0, 0.05) is 0 Å². The molecule has 0 fully saturated rings. The number of hydrogen-bond donors (Lipinski definition) is 0. The second-order valence-corrected chi connectivity index (χ2v) is 5.67. The summed E-state index contributed by atoms with van der Waals surface area (Å²) >= 11 is 0. The minimum absolute atomic E-state index is 0.131. The van der Waals surface area contributed by atoms with Crippen LogP contribution >= 0.6 is 0 Å². The maximum absolute atomic E-state index is 13.1. The molecule has 1 atom stereocenters. The first-order valence-electron chi connectivity index (χ1n) is 8.79. The topological polar surface area (TPSA) is 46.6 Å². The third-order valence-corrected chi connectivity index (χ3v) is 3.91. The monoisotopic (exact) mass is 327 g/mol. The van der Waals surface area contributed by atoms with Crippen molar-refractivity contribution >= 4 is 17.6 Å². The van der Waals surface area contributed by atoms with Gasteiger partial charge in [0.1, 0.15) is 6.04 Å². The number of benzene rings is 2. The Morgan fingerprint density at radius 2 is 1.71 bits per heavy atom. The molecule has 0 aliphatic heterocycles. The molecule has 4 heteroatoms. The highest BCUT2D eigenvalue weighted by Gasteiger charge is 2.30. The van der Waals surface area contributed by atoms with Crippen molar-refractivity contribution in [1.29, 1.82) is 0 Å². The standard InChI is InChI=1S/C20H23NO3/c1-14-9-8-10-15(2)19(14)21(16(3)20(23)24-4)18(22)13-17-11-6-5-7-12-17/h5-12,16H,13H2,1-4H3/i11D,12D. The number of carbonyl (C=O) groups excluding carboxylic acids is 2. The van der Waals surface area contributed by atoms with Crippen molar-refractivity contribution in [3.63, 3.8) is 0 Å². The van der Waals surface area contributed by atoms with Gasteiger partial charge in [0.25, 0.3) is 0 Å². The molecule has 0 aliphatic carbocycles. The van der Waals surface area contributed by atoms with Crippen LogP contribution in [0.1, 0.15) is 26.4 Å². The number of esters is 1. The number of para-hydroxylation sites is 1. The van der Waals surface area contributed by atoms with Gasteiger partial charge in [0.15, 0.2) is 0 Å². The molecule has 24 heavy (non-hydrogen) atoms. The van der Waals surface area contributed by atoms with Crippen molar-refractivity contribution in [3.8, 4) is 0 Å². The van der Waals surface area contributed by atoms with Crippen molar-refractivity contribution in [2.45, 2.75) is 33.2 Å². The fourth-order valence-corrected chi connectivity index (χ4v) is 2.72. The molecule has 126 valence electrons. The highest BCUT2D eigenvalue weighted by atomic mass is 16.5. The molecule has 0 N–H and O–H groups in total. The molecule has 0 aromatic heterocycles. The highest BCUT2D eigenvalue weighted by molar-refractivity contribution is 6.01. The van der Waals surface area contributed by atoms with E-state index < -0.39 is 12.0 Å². The fourth-order valence-electron chi connectivity index (χ4n) is 2.72. The number of carbonyl (C=O) groups is 2. The van der Waals surface area contributed by atoms with Crippen LogP contribution in [0.3, 0.4) is 0 Å². The lowest BCUT2D eigenvalue weighted by Crippen LogP contribution is -2.45. The Morgan fingerprint density at radius 3 is 2.25 bits per heavy atom. The van der Waals surface area contributed by atoms with Crippen molar-refractivity contribution < 1.29 is 17.1 Å². The largest absolute Gasteiger partial charge is 0.467 e. The Labute approximate surface area is 145 Å². The molecule has 0 bridgehead atoms. The molecule has 2 aromatic rings. The van der Waals surface area contributed by atoms with Gasteiger partial charge < -0.3 is 4.74 Å². The summed E-state index contributed by atoms with van der Waals surface area (Å²) in [5, 5.41) is 0. The molecule has 0 aliphatic rings. The SMILES string of the molecule is [2H]c1cccc([2H])c1CC(=O)N(c1c(C)cccc1C)C(C)C(=O)OC. The van der Waals surface area contributed by atoms with Crippen LogP contribution in [0.5, 0.6) is 0 Å². The number of aryl methyl sites for hydroxylation is 2. The van der Waals surface area contributed by atoms with Crippen LogP contribution in [0, 0.1) is 13.8 Å². The van der Waals surface area contributed by atoms with E-state index in [9.17, 15) is 9.59 Å². The molecular formula is C20H23NO3. The van der Waals surface area contributed by atoms with E-state index in [2.05, 4.69) is 0 Å². The first kappa shape index (κ1) is 14.9. The van der Waals surface area contributed by atoms with Crippen molar-refractivity contribution in [3.05, 3.63) is 65.2 Å². The normalized spacial score (nSPS) is 12.8. The summed E-state index contributed by atoms with van der Waals surface area (Å²) in [4.78, 5) is 26.7. The summed E-state index contributed by atoms with van der Waals surface area (Å²) in [6, 6.07) is 9.80. The van der Waals surface area contributed by atoms with Gasteiger partial charge in [-0.25, -0.2) is 4.79 Å². The predicted molar refractivity (Wildman–Crippen MR) is 95.0 cm³/mol. The third-order valence-electron chi connectivity index (χ3n) is 3.91. The summed E-state index contributed by atoms with van der Waals surface area (Å²) in [7, 11) is 1.28. The van der Waals surface area contributed by atoms with E-state index in [1.54, 1.807) is 25.1 Å². The quantitative estimate of drug-likeness (QED) is 0.790. The first-order valence-corrected chi connectivity index (χ1v) is 7.79. The maximum Gasteiger partial charge on any atom is 0.328 e. The zero-order valence-corrected chi connectivity index (χ0v) is 14.4. The number of nitrogens with zero attached hydrogens (tertiary/aromatic N) is 1. The Hall–Kier alpha value is -2.62. The highest BCUT2D eigenvalue weighted by Crippen LogP contribution is 2.27. The third kappa shape index (κ3) is 3.82. The van der Waals surface area contributed by atoms with Crippen molar-refractivity contribution in [1.82, 2.24) is 0 Å². The minimum Gasteiger partial charge on any atom is -0.467 e. The second-order valence-electron chi connectivity index (χ2n) is 5.67. The number of hydrogen-bond acceptors (Lipinski definition) is 3. The molecular weight excluding hydrogens is 302 g/mol. The molecule has 0 spiro atoms. The fraction of sp³-hybridized carbons (Fsp3) is 0.300. The second kappa shape index (κ2) is 7.77. The molecule has 1 unspecified atom stereocenters. The van der Waals surface area contributed by atoms with Gasteiger partial charge in [-0.15, -0.1) is 0 Å². The summed E-state index contributed by atoms with van der Waals surface area (Å²) in [5.41, 5.74) is 2.72. The lowest BCUT2D eigenvalue weighted by molar-refractivity contribution is -0.143. The van der Waals surface area contributed by atoms with Gasteiger partial charge in [-0.3, -0.25) is 9.69 Å². The minimum atomic E-state index is -0.820. The number of methoxy groups -OCH3 is 1. The molecule has 1 amide bonds. The van der Waals surface area contributed by atoms with E-state index in [0.717, 1.165) is 11.1 Å². The van der Waals surface area contributed by atoms with Crippen LogP contribution in [-0.4, -0.2) is 25.0 Å². The van der Waals surface area contributed by atoms with Crippen LogP contribution in [-0.2, 0) is 20.7 Å². The Balaban J connectivity index is 2.50. The maximum atomic E-state index is 13.1. The number of amides is 1. The predicted octanol–water partition coefficient (Wildman–Crippen LogP) is 3.44. The molecule has 0 saturated heterocycles. The van der Waals surface area contributed by atoms with Crippen LogP contribution in [0.4, 0.5) is 5.69 Å². The van der Waals surface area contributed by atoms with E-state index >= 15 is 0 Å². The van der Waals surface area contributed by atoms with Gasteiger partial charge >= 0.3 is 5.97 Å². The number of ether oxygens (including phenoxy) is 1. The lowest BCUT2D eigenvalue weighted by atomic mass is 10.0. The lowest BCUT2D eigenvalue weighted by Gasteiger charge is -2.30. The van der Waals surface area contributed by atoms with Crippen molar-refractivity contribution in [2.24, 2.45) is 0 Å². The zero-order valence-electron chi connectivity index (χ0n) is 16.4. The van der Waals surface area contributed by atoms with E-state index in [1.807, 2.05) is 32.0 Å². The van der Waals surface area contributed by atoms with Crippen LogP contribution in [0.25, 0.3) is 0 Å². The molecule has 4 nitrogen and oxygen atoms in total. The molecule has 2 rings (SSSR count). The van der Waals surface area contributed by atoms with Crippen LogP contribution in [0.2, 0.25) is 0 Å². The summed E-state index contributed by atoms with van der Waals surface area (Å²) < 4.78 is 20.8. The van der Waals surface area contributed by atoms with Crippen molar-refractivity contribution in [2.75, 3.05) is 12.0 Å². The summed E-state index contributed by atoms with van der Waals surface area (Å²) in [5.74, 6) is -0.875. The van der Waals surface area contributed by atoms with E-state index in [0.29, 0.717) is 11.3 Å².